The molecule has 130 valence electrons. The second-order valence-electron chi connectivity index (χ2n) is 7.46. The molecule has 0 atom stereocenters. The predicted octanol–water partition coefficient (Wildman–Crippen LogP) is 1.17. The van der Waals surface area contributed by atoms with Crippen molar-refractivity contribution in [2.45, 2.75) is 57.5 Å². The van der Waals surface area contributed by atoms with Crippen LogP contribution < -0.4 is 10.6 Å². The van der Waals surface area contributed by atoms with Gasteiger partial charge in [0.25, 0.3) is 0 Å². The molecular weight excluding hydrogens is 292 g/mol. The minimum absolute atomic E-state index is 0.0766. The van der Waals surface area contributed by atoms with Crippen LogP contribution in [0, 0.1) is 5.92 Å². The third kappa shape index (κ3) is 4.37. The Morgan fingerprint density at radius 3 is 2.43 bits per heavy atom. The summed E-state index contributed by atoms with van der Waals surface area (Å²) >= 11 is 0. The van der Waals surface area contributed by atoms with E-state index in [0.29, 0.717) is 18.6 Å². The highest BCUT2D eigenvalue weighted by Crippen LogP contribution is 2.23. The maximum absolute atomic E-state index is 12.2. The number of likely N-dealkylation sites (tertiary alicyclic amines) is 1. The van der Waals surface area contributed by atoms with Crippen molar-refractivity contribution in [2.75, 3.05) is 32.7 Å². The highest BCUT2D eigenvalue weighted by molar-refractivity contribution is 5.78. The average Bonchev–Trinajstić information content (AvgIpc) is 2.96. The van der Waals surface area contributed by atoms with Crippen molar-refractivity contribution >= 4 is 11.9 Å². The molecule has 1 saturated carbocycles. The van der Waals surface area contributed by atoms with E-state index in [1.165, 1.54) is 12.8 Å². The molecule has 0 spiro atoms. The van der Waals surface area contributed by atoms with Crippen molar-refractivity contribution < 1.29 is 9.59 Å². The molecule has 6 nitrogen and oxygen atoms in total. The summed E-state index contributed by atoms with van der Waals surface area (Å²) in [5, 5.41) is 6.07. The highest BCUT2D eigenvalue weighted by atomic mass is 16.2. The topological polar surface area (TPSA) is 64.7 Å². The third-order valence-corrected chi connectivity index (χ3v) is 5.64. The SMILES string of the molecule is CC1CCC(NC(=O)CN2CCC(N3CCNC3=O)CC2)CC1. The summed E-state index contributed by atoms with van der Waals surface area (Å²) in [6.45, 7) is 6.20. The third-order valence-electron chi connectivity index (χ3n) is 5.64. The Bertz CT molecular complexity index is 426. The summed E-state index contributed by atoms with van der Waals surface area (Å²) in [4.78, 5) is 28.1. The van der Waals surface area contributed by atoms with Crippen molar-refractivity contribution in [2.24, 2.45) is 5.92 Å². The van der Waals surface area contributed by atoms with Gasteiger partial charge < -0.3 is 15.5 Å². The summed E-state index contributed by atoms with van der Waals surface area (Å²) in [5.74, 6) is 0.979. The smallest absolute Gasteiger partial charge is 0.317 e. The van der Waals surface area contributed by atoms with E-state index in [2.05, 4.69) is 22.5 Å². The lowest BCUT2D eigenvalue weighted by Gasteiger charge is -2.36. The van der Waals surface area contributed by atoms with Crippen LogP contribution in [0.2, 0.25) is 0 Å². The number of hydrogen-bond donors (Lipinski definition) is 2. The van der Waals surface area contributed by atoms with Crippen LogP contribution in [0.5, 0.6) is 0 Å². The van der Waals surface area contributed by atoms with Crippen molar-refractivity contribution in [1.82, 2.24) is 20.4 Å². The standard InChI is InChI=1S/C17H30N4O2/c1-13-2-4-14(5-3-13)19-16(22)12-20-9-6-15(7-10-20)21-11-8-18-17(21)23/h13-15H,2-12H2,1H3,(H,18,23)(H,19,22). The predicted molar refractivity (Wildman–Crippen MR) is 89.1 cm³/mol. The van der Waals surface area contributed by atoms with Crippen LogP contribution in [0.3, 0.4) is 0 Å². The number of piperidine rings is 1. The summed E-state index contributed by atoms with van der Waals surface area (Å²) in [6.07, 6.45) is 6.66. The van der Waals surface area contributed by atoms with Gasteiger partial charge in [0.1, 0.15) is 0 Å². The molecule has 3 rings (SSSR count). The van der Waals surface area contributed by atoms with E-state index in [1.807, 2.05) is 4.90 Å². The van der Waals surface area contributed by atoms with Crippen molar-refractivity contribution in [3.05, 3.63) is 0 Å². The van der Waals surface area contributed by atoms with Gasteiger partial charge in [0.2, 0.25) is 5.91 Å². The maximum Gasteiger partial charge on any atom is 0.317 e. The molecule has 1 aliphatic carbocycles. The van der Waals surface area contributed by atoms with Crippen LogP contribution in [-0.4, -0.2) is 66.5 Å². The number of amides is 3. The van der Waals surface area contributed by atoms with Crippen molar-refractivity contribution in [1.29, 1.82) is 0 Å². The second kappa shape index (κ2) is 7.51. The van der Waals surface area contributed by atoms with E-state index in [9.17, 15) is 9.59 Å². The molecule has 2 aliphatic heterocycles. The lowest BCUT2D eigenvalue weighted by atomic mass is 9.87. The van der Waals surface area contributed by atoms with E-state index in [1.54, 1.807) is 0 Å². The maximum atomic E-state index is 12.2. The van der Waals surface area contributed by atoms with Crippen LogP contribution in [0.15, 0.2) is 0 Å². The Kier molecular flexibility index (Phi) is 5.41. The summed E-state index contributed by atoms with van der Waals surface area (Å²) in [7, 11) is 0. The molecule has 23 heavy (non-hydrogen) atoms. The summed E-state index contributed by atoms with van der Waals surface area (Å²) in [5.41, 5.74) is 0. The Morgan fingerprint density at radius 2 is 1.83 bits per heavy atom. The molecular formula is C17H30N4O2. The van der Waals surface area contributed by atoms with E-state index < -0.39 is 0 Å². The Labute approximate surface area is 139 Å². The number of rotatable bonds is 4. The summed E-state index contributed by atoms with van der Waals surface area (Å²) < 4.78 is 0. The molecule has 3 aliphatic rings. The average molecular weight is 322 g/mol. The number of carbonyl (C=O) groups is 2. The fourth-order valence-electron chi connectivity index (χ4n) is 4.10. The zero-order valence-corrected chi connectivity index (χ0v) is 14.2. The van der Waals surface area contributed by atoms with Crippen LogP contribution in [-0.2, 0) is 4.79 Å². The quantitative estimate of drug-likeness (QED) is 0.817. The zero-order chi connectivity index (χ0) is 16.2. The number of carbonyl (C=O) groups excluding carboxylic acids is 2. The van der Waals surface area contributed by atoms with E-state index >= 15 is 0 Å². The Morgan fingerprint density at radius 1 is 1.13 bits per heavy atom. The number of nitrogens with zero attached hydrogens (tertiary/aromatic N) is 2. The number of urea groups is 1. The first-order chi connectivity index (χ1) is 11.1. The minimum atomic E-state index is 0.0766. The van der Waals surface area contributed by atoms with Gasteiger partial charge in [0.15, 0.2) is 0 Å². The molecule has 2 heterocycles. The monoisotopic (exact) mass is 322 g/mol. The van der Waals surface area contributed by atoms with E-state index in [4.69, 9.17) is 0 Å². The highest BCUT2D eigenvalue weighted by Gasteiger charge is 2.31. The second-order valence-corrected chi connectivity index (χ2v) is 7.46. The fraction of sp³-hybridized carbons (Fsp3) is 0.882. The van der Waals surface area contributed by atoms with Gasteiger partial charge >= 0.3 is 6.03 Å². The molecule has 0 unspecified atom stereocenters. The van der Waals surface area contributed by atoms with Gasteiger partial charge in [-0.3, -0.25) is 9.69 Å². The molecule has 0 bridgehead atoms. The van der Waals surface area contributed by atoms with Gasteiger partial charge in [-0.05, 0) is 44.4 Å². The van der Waals surface area contributed by atoms with Gasteiger partial charge in [-0.25, -0.2) is 4.79 Å². The molecule has 0 radical (unpaired) electrons. The van der Waals surface area contributed by atoms with Gasteiger partial charge in [-0.2, -0.15) is 0 Å². The Balaban J connectivity index is 1.37. The molecule has 2 saturated heterocycles. The largest absolute Gasteiger partial charge is 0.352 e. The van der Waals surface area contributed by atoms with Crippen LogP contribution >= 0.6 is 0 Å². The molecule has 6 heteroatoms. The molecule has 3 amide bonds. The molecule has 3 fully saturated rings. The van der Waals surface area contributed by atoms with Crippen molar-refractivity contribution in [3.63, 3.8) is 0 Å². The first kappa shape index (κ1) is 16.6. The van der Waals surface area contributed by atoms with E-state index in [-0.39, 0.29) is 11.9 Å². The number of nitrogens with one attached hydrogen (secondary N) is 2. The fourth-order valence-corrected chi connectivity index (χ4v) is 4.10. The lowest BCUT2D eigenvalue weighted by Crippen LogP contribution is -2.49. The van der Waals surface area contributed by atoms with Gasteiger partial charge in [0, 0.05) is 38.3 Å². The summed E-state index contributed by atoms with van der Waals surface area (Å²) in [6, 6.07) is 0.800. The minimum Gasteiger partial charge on any atom is -0.352 e. The van der Waals surface area contributed by atoms with Gasteiger partial charge in [0.05, 0.1) is 6.54 Å². The lowest BCUT2D eigenvalue weighted by molar-refractivity contribution is -0.123. The molecule has 0 aromatic carbocycles. The zero-order valence-electron chi connectivity index (χ0n) is 14.2. The van der Waals surface area contributed by atoms with Gasteiger partial charge in [-0.1, -0.05) is 6.92 Å². The molecule has 0 aromatic heterocycles. The normalized spacial score (nSPS) is 30.3. The van der Waals surface area contributed by atoms with Crippen molar-refractivity contribution in [3.8, 4) is 0 Å². The van der Waals surface area contributed by atoms with Crippen LogP contribution in [0.1, 0.15) is 45.4 Å². The first-order valence-electron chi connectivity index (χ1n) is 9.18. The Hall–Kier alpha value is -1.30. The van der Waals surface area contributed by atoms with E-state index in [0.717, 1.165) is 57.8 Å². The molecule has 0 aromatic rings. The number of hydrogen-bond acceptors (Lipinski definition) is 3. The van der Waals surface area contributed by atoms with Crippen LogP contribution in [0.25, 0.3) is 0 Å². The van der Waals surface area contributed by atoms with Crippen LogP contribution in [0.4, 0.5) is 4.79 Å². The first-order valence-corrected chi connectivity index (χ1v) is 9.18. The molecule has 2 N–H and O–H groups in total. The van der Waals surface area contributed by atoms with Gasteiger partial charge in [-0.15, -0.1) is 0 Å².